The molecule has 0 N–H and O–H groups in total. The van der Waals surface area contributed by atoms with Crippen molar-refractivity contribution in [3.8, 4) is 5.75 Å². The van der Waals surface area contributed by atoms with Crippen LogP contribution in [-0.4, -0.2) is 60.7 Å². The molecule has 3 aliphatic rings. The fourth-order valence-electron chi connectivity index (χ4n) is 3.88. The standard InChI is InChI=1S/C18H24N2O3/c1-22-15-7-5-13(6-8-15)9-20-16-10-19(14-3-2-4-14)11-17(16)23-12-18(20)21/h5-8,14,16-17H,2-4,9-12H2,1H3/t16-,17+/m1/s1. The van der Waals surface area contributed by atoms with E-state index in [-0.39, 0.29) is 24.7 Å². The van der Waals surface area contributed by atoms with Crippen molar-refractivity contribution in [2.24, 2.45) is 0 Å². The Morgan fingerprint density at radius 3 is 2.65 bits per heavy atom. The Hall–Kier alpha value is -1.59. The number of fused-ring (bicyclic) bond motifs is 1. The lowest BCUT2D eigenvalue weighted by atomic mass is 9.92. The van der Waals surface area contributed by atoms with Crippen LogP contribution in [0.4, 0.5) is 0 Å². The van der Waals surface area contributed by atoms with E-state index in [2.05, 4.69) is 4.90 Å². The molecule has 2 aliphatic heterocycles. The number of carbonyl (C=O) groups is 1. The summed E-state index contributed by atoms with van der Waals surface area (Å²) in [6, 6.07) is 8.88. The Bertz CT molecular complexity index is 570. The Labute approximate surface area is 137 Å². The van der Waals surface area contributed by atoms with E-state index in [4.69, 9.17) is 9.47 Å². The molecule has 1 amide bonds. The SMILES string of the molecule is COc1ccc(CN2C(=O)CO[C@H]3CN(C4CCC4)C[C@H]32)cc1. The summed E-state index contributed by atoms with van der Waals surface area (Å²) < 4.78 is 11.0. The molecule has 0 spiro atoms. The van der Waals surface area contributed by atoms with Gasteiger partial charge in [0.15, 0.2) is 0 Å². The number of likely N-dealkylation sites (tertiary alicyclic amines) is 1. The minimum Gasteiger partial charge on any atom is -0.497 e. The normalized spacial score (nSPS) is 28.6. The first kappa shape index (κ1) is 15.0. The third kappa shape index (κ3) is 2.83. The summed E-state index contributed by atoms with van der Waals surface area (Å²) in [6.45, 7) is 2.81. The second-order valence-corrected chi connectivity index (χ2v) is 6.83. The van der Waals surface area contributed by atoms with Gasteiger partial charge in [-0.15, -0.1) is 0 Å². The molecule has 124 valence electrons. The Balaban J connectivity index is 1.47. The van der Waals surface area contributed by atoms with Crippen LogP contribution in [0, 0.1) is 0 Å². The Morgan fingerprint density at radius 2 is 2.00 bits per heavy atom. The first-order chi connectivity index (χ1) is 11.2. The molecule has 2 heterocycles. The molecule has 1 aromatic carbocycles. The minimum absolute atomic E-state index is 0.109. The number of carbonyl (C=O) groups excluding carboxylic acids is 1. The molecule has 0 bridgehead atoms. The summed E-state index contributed by atoms with van der Waals surface area (Å²) in [5, 5.41) is 0. The van der Waals surface area contributed by atoms with Gasteiger partial charge in [0.05, 0.1) is 19.3 Å². The first-order valence-corrected chi connectivity index (χ1v) is 8.52. The number of nitrogens with zero attached hydrogens (tertiary/aromatic N) is 2. The molecule has 0 aromatic heterocycles. The topological polar surface area (TPSA) is 42.0 Å². The quantitative estimate of drug-likeness (QED) is 0.847. The Morgan fingerprint density at radius 1 is 1.22 bits per heavy atom. The van der Waals surface area contributed by atoms with Gasteiger partial charge in [-0.05, 0) is 30.5 Å². The zero-order valence-electron chi connectivity index (χ0n) is 13.6. The van der Waals surface area contributed by atoms with Crippen molar-refractivity contribution in [2.75, 3.05) is 26.8 Å². The number of amides is 1. The molecular formula is C18H24N2O3. The van der Waals surface area contributed by atoms with Crippen molar-refractivity contribution in [2.45, 2.75) is 44.0 Å². The molecule has 1 aromatic rings. The molecule has 4 rings (SSSR count). The average Bonchev–Trinajstić information content (AvgIpc) is 2.93. The van der Waals surface area contributed by atoms with Crippen molar-refractivity contribution < 1.29 is 14.3 Å². The van der Waals surface area contributed by atoms with Gasteiger partial charge in [-0.2, -0.15) is 0 Å². The molecule has 1 aliphatic carbocycles. The maximum Gasteiger partial charge on any atom is 0.249 e. The molecule has 2 atom stereocenters. The molecule has 0 unspecified atom stereocenters. The third-order valence-corrected chi connectivity index (χ3v) is 5.51. The lowest BCUT2D eigenvalue weighted by Gasteiger charge is -2.37. The van der Waals surface area contributed by atoms with E-state index in [0.717, 1.165) is 24.4 Å². The van der Waals surface area contributed by atoms with Gasteiger partial charge in [-0.1, -0.05) is 18.6 Å². The van der Waals surface area contributed by atoms with E-state index in [1.807, 2.05) is 29.2 Å². The highest BCUT2D eigenvalue weighted by molar-refractivity contribution is 5.78. The monoisotopic (exact) mass is 316 g/mol. The number of hydrogen-bond acceptors (Lipinski definition) is 4. The molecule has 5 nitrogen and oxygen atoms in total. The summed E-state index contributed by atoms with van der Waals surface area (Å²) in [4.78, 5) is 16.9. The van der Waals surface area contributed by atoms with Crippen LogP contribution in [0.1, 0.15) is 24.8 Å². The van der Waals surface area contributed by atoms with E-state index in [1.165, 1.54) is 19.3 Å². The highest BCUT2D eigenvalue weighted by Gasteiger charge is 2.45. The lowest BCUT2D eigenvalue weighted by Crippen LogP contribution is -2.53. The van der Waals surface area contributed by atoms with Crippen molar-refractivity contribution in [3.05, 3.63) is 29.8 Å². The molecular weight excluding hydrogens is 292 g/mol. The number of rotatable bonds is 4. The maximum absolute atomic E-state index is 12.4. The smallest absolute Gasteiger partial charge is 0.249 e. The van der Waals surface area contributed by atoms with Crippen LogP contribution in [-0.2, 0) is 16.1 Å². The largest absolute Gasteiger partial charge is 0.497 e. The molecule has 3 fully saturated rings. The number of benzene rings is 1. The van der Waals surface area contributed by atoms with E-state index in [0.29, 0.717) is 12.6 Å². The van der Waals surface area contributed by atoms with E-state index in [9.17, 15) is 4.79 Å². The maximum atomic E-state index is 12.4. The molecule has 5 heteroatoms. The fraction of sp³-hybridized carbons (Fsp3) is 0.611. The third-order valence-electron chi connectivity index (χ3n) is 5.51. The molecule has 2 saturated heterocycles. The highest BCUT2D eigenvalue weighted by Crippen LogP contribution is 2.32. The van der Waals surface area contributed by atoms with Gasteiger partial charge in [0.2, 0.25) is 5.91 Å². The van der Waals surface area contributed by atoms with Crippen LogP contribution >= 0.6 is 0 Å². The van der Waals surface area contributed by atoms with Gasteiger partial charge in [-0.25, -0.2) is 0 Å². The van der Waals surface area contributed by atoms with Gasteiger partial charge in [-0.3, -0.25) is 9.69 Å². The number of morpholine rings is 1. The van der Waals surface area contributed by atoms with Gasteiger partial charge >= 0.3 is 0 Å². The average molecular weight is 316 g/mol. The predicted octanol–water partition coefficient (Wildman–Crippen LogP) is 1.66. The van der Waals surface area contributed by atoms with Gasteiger partial charge in [0, 0.05) is 25.7 Å². The van der Waals surface area contributed by atoms with Crippen molar-refractivity contribution in [1.29, 1.82) is 0 Å². The van der Waals surface area contributed by atoms with Crippen LogP contribution < -0.4 is 4.74 Å². The van der Waals surface area contributed by atoms with Gasteiger partial charge in [0.25, 0.3) is 0 Å². The lowest BCUT2D eigenvalue weighted by molar-refractivity contribution is -0.153. The van der Waals surface area contributed by atoms with E-state index < -0.39 is 0 Å². The minimum atomic E-state index is 0.109. The van der Waals surface area contributed by atoms with Crippen molar-refractivity contribution in [1.82, 2.24) is 9.80 Å². The van der Waals surface area contributed by atoms with Crippen LogP contribution in [0.15, 0.2) is 24.3 Å². The zero-order chi connectivity index (χ0) is 15.8. The first-order valence-electron chi connectivity index (χ1n) is 8.52. The van der Waals surface area contributed by atoms with Crippen LogP contribution in [0.2, 0.25) is 0 Å². The zero-order valence-corrected chi connectivity index (χ0v) is 13.6. The molecule has 23 heavy (non-hydrogen) atoms. The highest BCUT2D eigenvalue weighted by atomic mass is 16.5. The fourth-order valence-corrected chi connectivity index (χ4v) is 3.88. The van der Waals surface area contributed by atoms with Crippen LogP contribution in [0.5, 0.6) is 5.75 Å². The van der Waals surface area contributed by atoms with Gasteiger partial charge in [0.1, 0.15) is 12.4 Å². The van der Waals surface area contributed by atoms with E-state index >= 15 is 0 Å². The summed E-state index contributed by atoms with van der Waals surface area (Å²) in [6.07, 6.45) is 4.11. The number of ether oxygens (including phenoxy) is 2. The van der Waals surface area contributed by atoms with Crippen LogP contribution in [0.25, 0.3) is 0 Å². The second kappa shape index (κ2) is 6.13. The Kier molecular flexibility index (Phi) is 3.99. The molecule has 0 radical (unpaired) electrons. The summed E-state index contributed by atoms with van der Waals surface area (Å²) in [5.74, 6) is 0.953. The summed E-state index contributed by atoms with van der Waals surface area (Å²) >= 11 is 0. The van der Waals surface area contributed by atoms with Crippen molar-refractivity contribution >= 4 is 5.91 Å². The number of hydrogen-bond donors (Lipinski definition) is 0. The summed E-state index contributed by atoms with van der Waals surface area (Å²) in [5.41, 5.74) is 1.14. The number of methoxy groups -OCH3 is 1. The summed E-state index contributed by atoms with van der Waals surface area (Å²) in [7, 11) is 1.67. The van der Waals surface area contributed by atoms with Gasteiger partial charge < -0.3 is 14.4 Å². The molecule has 1 saturated carbocycles. The second-order valence-electron chi connectivity index (χ2n) is 6.83. The van der Waals surface area contributed by atoms with Crippen molar-refractivity contribution in [3.63, 3.8) is 0 Å². The van der Waals surface area contributed by atoms with E-state index in [1.54, 1.807) is 7.11 Å². The predicted molar refractivity (Wildman–Crippen MR) is 86.3 cm³/mol. The van der Waals surface area contributed by atoms with Crippen LogP contribution in [0.3, 0.4) is 0 Å².